The van der Waals surface area contributed by atoms with Gasteiger partial charge in [-0.05, 0) is 112 Å². The number of hydrogen-bond acceptors (Lipinski definition) is 7. The number of carbonyl (C=O) groups excluding carboxylic acids is 1. The van der Waals surface area contributed by atoms with Crippen LogP contribution in [0.5, 0.6) is 0 Å². The van der Waals surface area contributed by atoms with E-state index >= 15 is 4.39 Å². The summed E-state index contributed by atoms with van der Waals surface area (Å²) >= 11 is 0. The number of anilines is 1. The number of nitrogens with zero attached hydrogens (tertiary/aromatic N) is 6. The fourth-order valence-electron chi connectivity index (χ4n) is 9.26. The predicted octanol–water partition coefficient (Wildman–Crippen LogP) is 5.35. The summed E-state index contributed by atoms with van der Waals surface area (Å²) in [5.41, 5.74) is 1.79. The number of nitrogens with one attached hydrogen (secondary N) is 1. The molecule has 4 fully saturated rings. The summed E-state index contributed by atoms with van der Waals surface area (Å²) in [6.07, 6.45) is 10.7. The van der Waals surface area contributed by atoms with Crippen LogP contribution in [0.1, 0.15) is 55.2 Å². The summed E-state index contributed by atoms with van der Waals surface area (Å²) in [6, 6.07) is 15.1. The van der Waals surface area contributed by atoms with E-state index in [-0.39, 0.29) is 29.1 Å². The summed E-state index contributed by atoms with van der Waals surface area (Å²) in [7, 11) is 1.40. The van der Waals surface area contributed by atoms with Crippen molar-refractivity contribution in [3.63, 3.8) is 0 Å². The van der Waals surface area contributed by atoms with E-state index in [4.69, 9.17) is 4.74 Å². The molecule has 0 spiro atoms. The second kappa shape index (κ2) is 14.1. The van der Waals surface area contributed by atoms with Crippen molar-refractivity contribution in [2.75, 3.05) is 64.4 Å². The standard InChI is InChI=1S/C38H47F2N7O2/c1-49-36(48)43-35-8-3-7-34(35)38(26-44-14-4-15-44,31-5-2-6-32(39)20-31)30-11-16-45(17-12-30)23-37(40)24-47(25-37)33-10-9-28(21-41)29(19-33)22-46-18-13-42-27-46/h2,5-6,9-10,13,18-20,27,30,34-35H,3-4,7-8,11-12,14-17,22-26H2,1H3,(H,43,48)/t34-,35-,38-/m0/s1. The molecule has 1 saturated carbocycles. The molecule has 2 aromatic carbocycles. The van der Waals surface area contributed by atoms with Crippen molar-refractivity contribution in [3.05, 3.63) is 83.7 Å². The normalized spacial score (nSPS) is 24.0. The third kappa shape index (κ3) is 6.90. The average molecular weight is 672 g/mol. The molecule has 3 atom stereocenters. The molecule has 1 aliphatic carbocycles. The van der Waals surface area contributed by atoms with Gasteiger partial charge in [-0.15, -0.1) is 0 Å². The number of amides is 1. The number of nitriles is 1. The van der Waals surface area contributed by atoms with Crippen molar-refractivity contribution in [2.24, 2.45) is 11.8 Å². The number of ether oxygens (including phenoxy) is 1. The van der Waals surface area contributed by atoms with E-state index in [1.165, 1.54) is 13.2 Å². The molecule has 1 amide bonds. The predicted molar refractivity (Wildman–Crippen MR) is 184 cm³/mol. The Morgan fingerprint density at radius 2 is 1.90 bits per heavy atom. The van der Waals surface area contributed by atoms with Crippen molar-refractivity contribution in [3.8, 4) is 6.07 Å². The lowest BCUT2D eigenvalue weighted by molar-refractivity contribution is 0.00584. The molecule has 260 valence electrons. The van der Waals surface area contributed by atoms with Gasteiger partial charge in [-0.1, -0.05) is 18.6 Å². The lowest BCUT2D eigenvalue weighted by atomic mass is 9.57. The fraction of sp³-hybridized carbons (Fsp3) is 0.553. The van der Waals surface area contributed by atoms with Crippen LogP contribution in [-0.2, 0) is 16.7 Å². The molecule has 9 nitrogen and oxygen atoms in total. The summed E-state index contributed by atoms with van der Waals surface area (Å²) in [6.45, 7) is 6.00. The Labute approximate surface area is 287 Å². The number of benzene rings is 2. The first kappa shape index (κ1) is 33.5. The van der Waals surface area contributed by atoms with E-state index < -0.39 is 11.8 Å². The highest BCUT2D eigenvalue weighted by atomic mass is 19.1. The molecule has 4 aliphatic rings. The Bertz CT molecular complexity index is 1640. The topological polar surface area (TPSA) is 89.7 Å². The smallest absolute Gasteiger partial charge is 0.407 e. The van der Waals surface area contributed by atoms with Crippen molar-refractivity contribution in [1.29, 1.82) is 5.26 Å². The van der Waals surface area contributed by atoms with Gasteiger partial charge >= 0.3 is 6.09 Å². The number of likely N-dealkylation sites (tertiary alicyclic amines) is 2. The number of alkyl halides is 1. The lowest BCUT2D eigenvalue weighted by Crippen LogP contribution is -2.65. The van der Waals surface area contributed by atoms with Crippen LogP contribution < -0.4 is 10.2 Å². The summed E-state index contributed by atoms with van der Waals surface area (Å²) in [5.74, 6) is 0.171. The van der Waals surface area contributed by atoms with E-state index in [1.54, 1.807) is 18.6 Å². The number of alkyl carbamates (subject to hydrolysis) is 1. The molecule has 0 radical (unpaired) electrons. The molecule has 0 unspecified atom stereocenters. The molecule has 7 rings (SSSR count). The number of imidazole rings is 1. The van der Waals surface area contributed by atoms with E-state index in [0.717, 1.165) is 88.1 Å². The largest absolute Gasteiger partial charge is 0.453 e. The molecule has 11 heteroatoms. The second-order valence-electron chi connectivity index (χ2n) is 14.7. The molecule has 1 aromatic heterocycles. The Morgan fingerprint density at radius 1 is 1.08 bits per heavy atom. The van der Waals surface area contributed by atoms with Gasteiger partial charge in [-0.2, -0.15) is 5.26 Å². The maximum Gasteiger partial charge on any atom is 0.407 e. The van der Waals surface area contributed by atoms with Crippen LogP contribution in [-0.4, -0.2) is 96.6 Å². The molecule has 49 heavy (non-hydrogen) atoms. The molecule has 3 aromatic rings. The number of aromatic nitrogens is 2. The van der Waals surface area contributed by atoms with Gasteiger partial charge in [0.1, 0.15) is 5.82 Å². The van der Waals surface area contributed by atoms with Crippen LogP contribution in [0.3, 0.4) is 0 Å². The van der Waals surface area contributed by atoms with E-state index in [1.807, 2.05) is 35.0 Å². The summed E-state index contributed by atoms with van der Waals surface area (Å²) < 4.78 is 38.2. The molecule has 4 heterocycles. The minimum atomic E-state index is -1.32. The third-order valence-electron chi connectivity index (χ3n) is 11.7. The monoisotopic (exact) mass is 671 g/mol. The number of rotatable bonds is 11. The molecule has 0 bridgehead atoms. The summed E-state index contributed by atoms with van der Waals surface area (Å²) in [5, 5.41) is 12.8. The molecule has 3 saturated heterocycles. The highest BCUT2D eigenvalue weighted by Gasteiger charge is 2.54. The van der Waals surface area contributed by atoms with E-state index in [2.05, 4.69) is 37.1 Å². The molecular formula is C38H47F2N7O2. The number of carbonyl (C=O) groups is 1. The van der Waals surface area contributed by atoms with Crippen molar-refractivity contribution < 1.29 is 18.3 Å². The van der Waals surface area contributed by atoms with E-state index in [0.29, 0.717) is 31.7 Å². The van der Waals surface area contributed by atoms with Gasteiger partial charge in [0, 0.05) is 49.2 Å². The van der Waals surface area contributed by atoms with Gasteiger partial charge in [0.15, 0.2) is 5.67 Å². The summed E-state index contributed by atoms with van der Waals surface area (Å²) in [4.78, 5) is 23.4. The third-order valence-corrected chi connectivity index (χ3v) is 11.7. The number of hydrogen-bond donors (Lipinski definition) is 1. The van der Waals surface area contributed by atoms with Crippen LogP contribution in [0.25, 0.3) is 0 Å². The first-order valence-electron chi connectivity index (χ1n) is 17.8. The lowest BCUT2D eigenvalue weighted by Gasteiger charge is -2.54. The van der Waals surface area contributed by atoms with Gasteiger partial charge in [0.25, 0.3) is 0 Å². The van der Waals surface area contributed by atoms with Gasteiger partial charge in [-0.25, -0.2) is 18.6 Å². The zero-order valence-corrected chi connectivity index (χ0v) is 28.4. The van der Waals surface area contributed by atoms with Crippen LogP contribution in [0.4, 0.5) is 19.3 Å². The highest BCUT2D eigenvalue weighted by Crippen LogP contribution is 2.51. The maximum atomic E-state index is 16.2. The Balaban J connectivity index is 1.05. The SMILES string of the molecule is COC(=O)N[C@H]1CCC[C@@H]1[C@](CN1CCC1)(c1cccc(F)c1)C1CCN(CC2(F)CN(c3ccc(C#N)c(Cn4ccnc4)c3)C2)CC1. The number of halogens is 2. The minimum Gasteiger partial charge on any atom is -0.453 e. The molecular weight excluding hydrogens is 624 g/mol. The zero-order valence-electron chi connectivity index (χ0n) is 28.4. The van der Waals surface area contributed by atoms with E-state index in [9.17, 15) is 14.4 Å². The van der Waals surface area contributed by atoms with Crippen LogP contribution in [0, 0.1) is 29.0 Å². The van der Waals surface area contributed by atoms with Crippen LogP contribution in [0.15, 0.2) is 61.2 Å². The van der Waals surface area contributed by atoms with Crippen molar-refractivity contribution in [2.45, 2.75) is 62.2 Å². The minimum absolute atomic E-state index is 0.0483. The first-order chi connectivity index (χ1) is 23.8. The molecule has 3 aliphatic heterocycles. The van der Waals surface area contributed by atoms with Gasteiger partial charge in [-0.3, -0.25) is 4.90 Å². The first-order valence-corrected chi connectivity index (χ1v) is 17.8. The zero-order chi connectivity index (χ0) is 34.0. The van der Waals surface area contributed by atoms with Gasteiger partial charge < -0.3 is 24.4 Å². The van der Waals surface area contributed by atoms with Gasteiger partial charge in [0.05, 0.1) is 38.2 Å². The Hall–Kier alpha value is -4.01. The highest BCUT2D eigenvalue weighted by molar-refractivity contribution is 5.67. The number of methoxy groups -OCH3 is 1. The molecule has 1 N–H and O–H groups in total. The number of piperidine rings is 1. The van der Waals surface area contributed by atoms with Crippen LogP contribution in [0.2, 0.25) is 0 Å². The van der Waals surface area contributed by atoms with Crippen molar-refractivity contribution in [1.82, 2.24) is 24.7 Å². The second-order valence-corrected chi connectivity index (χ2v) is 14.7. The fourth-order valence-corrected chi connectivity index (χ4v) is 9.26. The van der Waals surface area contributed by atoms with Crippen LogP contribution >= 0.6 is 0 Å². The quantitative estimate of drug-likeness (QED) is 0.294. The maximum absolute atomic E-state index is 16.2. The average Bonchev–Trinajstić information content (AvgIpc) is 3.76. The Kier molecular flexibility index (Phi) is 9.62. The van der Waals surface area contributed by atoms with Gasteiger partial charge in [0.2, 0.25) is 0 Å². The Morgan fingerprint density at radius 3 is 2.57 bits per heavy atom. The van der Waals surface area contributed by atoms with Crippen molar-refractivity contribution >= 4 is 11.8 Å².